The van der Waals surface area contributed by atoms with Crippen molar-refractivity contribution in [2.45, 2.75) is 26.2 Å². The molecular formula is C18H19FN2OS. The third-order valence-corrected chi connectivity index (χ3v) is 3.87. The van der Waals surface area contributed by atoms with Gasteiger partial charge in [0.2, 0.25) is 0 Å². The molecule has 0 spiro atoms. The fraction of sp³-hybridized carbons (Fsp3) is 0.222. The Labute approximate surface area is 140 Å². The Hall–Kier alpha value is -2.27. The van der Waals surface area contributed by atoms with E-state index < -0.39 is 11.7 Å². The molecular weight excluding hydrogens is 311 g/mol. The third-order valence-electron chi connectivity index (χ3n) is 3.67. The van der Waals surface area contributed by atoms with E-state index in [1.165, 1.54) is 24.3 Å². The minimum atomic E-state index is -0.460. The average Bonchev–Trinajstić information content (AvgIpc) is 2.54. The Morgan fingerprint density at radius 1 is 1.22 bits per heavy atom. The molecule has 0 saturated carbocycles. The van der Waals surface area contributed by atoms with Crippen LogP contribution in [0.2, 0.25) is 0 Å². The lowest BCUT2D eigenvalue weighted by molar-refractivity contribution is 0.0977. The molecule has 2 rings (SSSR count). The molecule has 0 aliphatic rings. The topological polar surface area (TPSA) is 41.1 Å². The van der Waals surface area contributed by atoms with Gasteiger partial charge in [-0.15, -0.1) is 0 Å². The van der Waals surface area contributed by atoms with Crippen LogP contribution < -0.4 is 10.6 Å². The highest BCUT2D eigenvalue weighted by molar-refractivity contribution is 7.80. The Kier molecular flexibility index (Phi) is 5.82. The van der Waals surface area contributed by atoms with Crippen molar-refractivity contribution < 1.29 is 9.18 Å². The molecule has 2 aromatic carbocycles. The van der Waals surface area contributed by atoms with Gasteiger partial charge in [0, 0.05) is 11.3 Å². The number of carbonyl (C=O) groups excluding carboxylic acids is 1. The summed E-state index contributed by atoms with van der Waals surface area (Å²) in [6, 6.07) is 13.3. The molecule has 1 atom stereocenters. The smallest absolute Gasteiger partial charge is 0.257 e. The van der Waals surface area contributed by atoms with E-state index in [1.54, 1.807) is 0 Å². The molecule has 5 heteroatoms. The van der Waals surface area contributed by atoms with E-state index in [4.69, 9.17) is 12.2 Å². The second-order valence-corrected chi connectivity index (χ2v) is 5.72. The Morgan fingerprint density at radius 3 is 2.65 bits per heavy atom. The normalized spacial score (nSPS) is 11.6. The molecule has 0 heterocycles. The molecule has 0 aliphatic carbocycles. The Balaban J connectivity index is 2.07. The van der Waals surface area contributed by atoms with E-state index in [0.717, 1.165) is 17.7 Å². The Bertz CT molecular complexity index is 718. The highest BCUT2D eigenvalue weighted by Crippen LogP contribution is 2.26. The summed E-state index contributed by atoms with van der Waals surface area (Å²) < 4.78 is 13.2. The molecule has 0 fully saturated rings. The van der Waals surface area contributed by atoms with E-state index in [2.05, 4.69) is 24.5 Å². The van der Waals surface area contributed by atoms with Crippen molar-refractivity contribution >= 4 is 28.9 Å². The van der Waals surface area contributed by atoms with E-state index >= 15 is 0 Å². The first-order valence-electron chi connectivity index (χ1n) is 7.48. The minimum Gasteiger partial charge on any atom is -0.332 e. The summed E-state index contributed by atoms with van der Waals surface area (Å²) in [6.45, 7) is 4.25. The number of carbonyl (C=O) groups is 1. The molecule has 0 radical (unpaired) electrons. The van der Waals surface area contributed by atoms with Gasteiger partial charge in [-0.05, 0) is 54.4 Å². The van der Waals surface area contributed by atoms with Gasteiger partial charge in [-0.1, -0.05) is 38.1 Å². The first-order chi connectivity index (χ1) is 11.0. The second kappa shape index (κ2) is 7.83. The zero-order valence-electron chi connectivity index (χ0n) is 13.1. The summed E-state index contributed by atoms with van der Waals surface area (Å²) in [5.74, 6) is -0.526. The van der Waals surface area contributed by atoms with E-state index in [0.29, 0.717) is 5.92 Å². The molecule has 0 aliphatic heterocycles. The summed E-state index contributed by atoms with van der Waals surface area (Å²) in [4.78, 5) is 12.1. The number of hydrogen-bond acceptors (Lipinski definition) is 2. The van der Waals surface area contributed by atoms with Crippen LogP contribution in [0, 0.1) is 5.82 Å². The van der Waals surface area contributed by atoms with Crippen LogP contribution in [0.3, 0.4) is 0 Å². The standard InChI is InChI=1S/C18H19FN2OS/c1-3-12(2)15-9-4-5-10-16(15)20-18(23)21-17(22)13-7-6-8-14(19)11-13/h4-12H,3H2,1-2H3,(H2,20,21,22,23). The number of rotatable bonds is 4. The van der Waals surface area contributed by atoms with Crippen LogP contribution in [-0.4, -0.2) is 11.0 Å². The maximum atomic E-state index is 13.2. The lowest BCUT2D eigenvalue weighted by Crippen LogP contribution is -2.34. The fourth-order valence-corrected chi connectivity index (χ4v) is 2.42. The number of halogens is 1. The molecule has 1 amide bonds. The molecule has 3 nitrogen and oxygen atoms in total. The van der Waals surface area contributed by atoms with Gasteiger partial charge in [-0.2, -0.15) is 0 Å². The summed E-state index contributed by atoms with van der Waals surface area (Å²) in [6.07, 6.45) is 1.00. The molecule has 0 saturated heterocycles. The fourth-order valence-electron chi connectivity index (χ4n) is 2.22. The summed E-state index contributed by atoms with van der Waals surface area (Å²) in [5.41, 5.74) is 2.23. The van der Waals surface area contributed by atoms with Crippen LogP contribution in [0.1, 0.15) is 42.1 Å². The third kappa shape index (κ3) is 4.60. The zero-order chi connectivity index (χ0) is 16.8. The van der Waals surface area contributed by atoms with Crippen LogP contribution in [0.4, 0.5) is 10.1 Å². The second-order valence-electron chi connectivity index (χ2n) is 5.32. The predicted molar refractivity (Wildman–Crippen MR) is 95.2 cm³/mol. The summed E-state index contributed by atoms with van der Waals surface area (Å²) in [7, 11) is 0. The van der Waals surface area contributed by atoms with Gasteiger partial charge >= 0.3 is 0 Å². The van der Waals surface area contributed by atoms with Crippen molar-refractivity contribution in [3.63, 3.8) is 0 Å². The van der Waals surface area contributed by atoms with Gasteiger partial charge in [0.25, 0.3) is 5.91 Å². The molecule has 0 aromatic heterocycles. The number of benzene rings is 2. The predicted octanol–water partition coefficient (Wildman–Crippen LogP) is 4.47. The monoisotopic (exact) mass is 330 g/mol. The number of hydrogen-bond donors (Lipinski definition) is 2. The van der Waals surface area contributed by atoms with Gasteiger partial charge in [0.15, 0.2) is 5.11 Å². The van der Waals surface area contributed by atoms with Gasteiger partial charge in [0.05, 0.1) is 0 Å². The highest BCUT2D eigenvalue weighted by Gasteiger charge is 2.12. The molecule has 2 aromatic rings. The highest BCUT2D eigenvalue weighted by atomic mass is 32.1. The SMILES string of the molecule is CCC(C)c1ccccc1NC(=S)NC(=O)c1cccc(F)c1. The van der Waals surface area contributed by atoms with Crippen molar-refractivity contribution in [3.8, 4) is 0 Å². The minimum absolute atomic E-state index is 0.190. The summed E-state index contributed by atoms with van der Waals surface area (Å²) in [5, 5.41) is 5.81. The zero-order valence-corrected chi connectivity index (χ0v) is 13.9. The molecule has 1 unspecified atom stereocenters. The van der Waals surface area contributed by atoms with E-state index in [9.17, 15) is 9.18 Å². The van der Waals surface area contributed by atoms with Crippen molar-refractivity contribution in [2.75, 3.05) is 5.32 Å². The average molecular weight is 330 g/mol. The number of amides is 1. The van der Waals surface area contributed by atoms with Crippen molar-refractivity contribution in [2.24, 2.45) is 0 Å². The lowest BCUT2D eigenvalue weighted by atomic mass is 9.97. The van der Waals surface area contributed by atoms with Crippen LogP contribution in [0.25, 0.3) is 0 Å². The molecule has 0 bridgehead atoms. The maximum absolute atomic E-state index is 13.2. The van der Waals surface area contributed by atoms with Gasteiger partial charge < -0.3 is 5.32 Å². The van der Waals surface area contributed by atoms with Crippen LogP contribution in [0.5, 0.6) is 0 Å². The molecule has 120 valence electrons. The largest absolute Gasteiger partial charge is 0.332 e. The first-order valence-corrected chi connectivity index (χ1v) is 7.89. The number of nitrogens with one attached hydrogen (secondary N) is 2. The number of para-hydroxylation sites is 1. The van der Waals surface area contributed by atoms with Crippen molar-refractivity contribution in [1.29, 1.82) is 0 Å². The quantitative estimate of drug-likeness (QED) is 0.813. The lowest BCUT2D eigenvalue weighted by Gasteiger charge is -2.17. The van der Waals surface area contributed by atoms with E-state index in [-0.39, 0.29) is 10.7 Å². The van der Waals surface area contributed by atoms with Crippen molar-refractivity contribution in [3.05, 3.63) is 65.5 Å². The van der Waals surface area contributed by atoms with Crippen LogP contribution >= 0.6 is 12.2 Å². The van der Waals surface area contributed by atoms with Crippen LogP contribution in [0.15, 0.2) is 48.5 Å². The number of anilines is 1. The van der Waals surface area contributed by atoms with E-state index in [1.807, 2.05) is 24.3 Å². The Morgan fingerprint density at radius 2 is 1.96 bits per heavy atom. The molecule has 23 heavy (non-hydrogen) atoms. The van der Waals surface area contributed by atoms with Gasteiger partial charge in [-0.25, -0.2) is 4.39 Å². The van der Waals surface area contributed by atoms with Crippen molar-refractivity contribution in [1.82, 2.24) is 5.32 Å². The number of thiocarbonyl (C=S) groups is 1. The van der Waals surface area contributed by atoms with Gasteiger partial charge in [-0.3, -0.25) is 10.1 Å². The first kappa shape index (κ1) is 17.1. The maximum Gasteiger partial charge on any atom is 0.257 e. The molecule has 2 N–H and O–H groups in total. The van der Waals surface area contributed by atoms with Gasteiger partial charge in [0.1, 0.15) is 5.82 Å². The summed E-state index contributed by atoms with van der Waals surface area (Å²) >= 11 is 5.19. The van der Waals surface area contributed by atoms with Crippen LogP contribution in [-0.2, 0) is 0 Å².